The largest absolute Gasteiger partial charge is 0.497 e. The first kappa shape index (κ1) is 22.7. The zero-order chi connectivity index (χ0) is 24.2. The Morgan fingerprint density at radius 2 is 1.68 bits per heavy atom. The molecule has 3 aromatic rings. The number of hydrogen-bond acceptors (Lipinski definition) is 5. The second kappa shape index (κ2) is 9.58. The minimum Gasteiger partial charge on any atom is -0.497 e. The molecule has 4 amide bonds. The summed E-state index contributed by atoms with van der Waals surface area (Å²) in [6.07, 6.45) is 1.37. The number of benzene rings is 3. The summed E-state index contributed by atoms with van der Waals surface area (Å²) in [6.45, 7) is 2.01. The topological polar surface area (TPSA) is 84.9 Å². The third-order valence-electron chi connectivity index (χ3n) is 5.22. The van der Waals surface area contributed by atoms with Gasteiger partial charge in [0, 0.05) is 11.6 Å². The highest BCUT2D eigenvalue weighted by molar-refractivity contribution is 6.39. The minimum atomic E-state index is -0.821. The standard InChI is InChI=1S/C26H21FN2O5/c1-16-3-10-20(11-4-16)29-25(31)22(24(30)28-26(29)32)13-18-7-12-21(33-2)14-23(18)34-15-17-5-8-19(27)9-6-17/h3-14H,15H2,1-2H3,(H,28,30,32)/b22-13+. The van der Waals surface area contributed by atoms with E-state index in [0.717, 1.165) is 16.0 Å². The molecule has 0 radical (unpaired) electrons. The zero-order valence-corrected chi connectivity index (χ0v) is 18.5. The molecule has 1 aliphatic heterocycles. The van der Waals surface area contributed by atoms with Gasteiger partial charge in [-0.1, -0.05) is 29.8 Å². The molecule has 1 heterocycles. The smallest absolute Gasteiger partial charge is 0.335 e. The van der Waals surface area contributed by atoms with Gasteiger partial charge in [0.05, 0.1) is 12.8 Å². The summed E-state index contributed by atoms with van der Waals surface area (Å²) in [4.78, 5) is 39.0. The molecule has 0 spiro atoms. The molecule has 0 bridgehead atoms. The number of halogens is 1. The van der Waals surface area contributed by atoms with Gasteiger partial charge in [-0.2, -0.15) is 0 Å². The molecule has 172 valence electrons. The van der Waals surface area contributed by atoms with Gasteiger partial charge in [0.1, 0.15) is 29.5 Å². The molecule has 0 aliphatic carbocycles. The number of ether oxygens (including phenoxy) is 2. The summed E-state index contributed by atoms with van der Waals surface area (Å²) >= 11 is 0. The zero-order valence-electron chi connectivity index (χ0n) is 18.5. The molecule has 34 heavy (non-hydrogen) atoms. The Labute approximate surface area is 195 Å². The molecule has 3 aromatic carbocycles. The van der Waals surface area contributed by atoms with Crippen molar-refractivity contribution in [2.24, 2.45) is 0 Å². The fraction of sp³-hybridized carbons (Fsp3) is 0.115. The number of amides is 4. The quantitative estimate of drug-likeness (QED) is 0.436. The lowest BCUT2D eigenvalue weighted by atomic mass is 10.1. The number of nitrogens with one attached hydrogen (secondary N) is 1. The number of carbonyl (C=O) groups excluding carboxylic acids is 3. The predicted octanol–water partition coefficient (Wildman–Crippen LogP) is 4.39. The molecule has 0 aromatic heterocycles. The number of hydrogen-bond donors (Lipinski definition) is 1. The lowest BCUT2D eigenvalue weighted by molar-refractivity contribution is -0.122. The average molecular weight is 460 g/mol. The van der Waals surface area contributed by atoms with E-state index in [-0.39, 0.29) is 18.0 Å². The van der Waals surface area contributed by atoms with Crippen molar-refractivity contribution < 1.29 is 28.2 Å². The Morgan fingerprint density at radius 1 is 0.971 bits per heavy atom. The van der Waals surface area contributed by atoms with Gasteiger partial charge in [-0.15, -0.1) is 0 Å². The summed E-state index contributed by atoms with van der Waals surface area (Å²) in [5, 5.41) is 2.21. The normalized spacial score (nSPS) is 14.9. The van der Waals surface area contributed by atoms with E-state index in [1.165, 1.54) is 25.3 Å². The maximum absolute atomic E-state index is 13.2. The summed E-state index contributed by atoms with van der Waals surface area (Å²) in [5.74, 6) is -1.07. The third kappa shape index (κ3) is 4.80. The van der Waals surface area contributed by atoms with Crippen molar-refractivity contribution in [3.05, 3.63) is 94.8 Å². The SMILES string of the molecule is COc1ccc(/C=C2\C(=O)NC(=O)N(c3ccc(C)cc3)C2=O)c(OCc2ccc(F)cc2)c1. The molecular formula is C26H21FN2O5. The van der Waals surface area contributed by atoms with Crippen molar-refractivity contribution in [1.82, 2.24) is 5.32 Å². The molecule has 0 saturated carbocycles. The molecular weight excluding hydrogens is 439 g/mol. The first-order valence-electron chi connectivity index (χ1n) is 10.4. The minimum absolute atomic E-state index is 0.123. The highest BCUT2D eigenvalue weighted by Crippen LogP contribution is 2.29. The van der Waals surface area contributed by atoms with Gasteiger partial charge in [0.25, 0.3) is 11.8 Å². The number of methoxy groups -OCH3 is 1. The van der Waals surface area contributed by atoms with Crippen LogP contribution in [0.15, 0.2) is 72.3 Å². The number of barbiturate groups is 1. The van der Waals surface area contributed by atoms with Crippen LogP contribution in [0.4, 0.5) is 14.9 Å². The summed E-state index contributed by atoms with van der Waals surface area (Å²) in [6, 6.07) is 16.7. The van der Waals surface area contributed by atoms with Gasteiger partial charge in [-0.3, -0.25) is 14.9 Å². The van der Waals surface area contributed by atoms with Gasteiger partial charge in [-0.25, -0.2) is 14.1 Å². The van der Waals surface area contributed by atoms with Gasteiger partial charge < -0.3 is 9.47 Å². The van der Waals surface area contributed by atoms with E-state index in [9.17, 15) is 18.8 Å². The maximum atomic E-state index is 13.2. The first-order chi connectivity index (χ1) is 16.4. The van der Waals surface area contributed by atoms with Crippen LogP contribution in [0.2, 0.25) is 0 Å². The van der Waals surface area contributed by atoms with Crippen LogP contribution in [0.1, 0.15) is 16.7 Å². The predicted molar refractivity (Wildman–Crippen MR) is 124 cm³/mol. The molecule has 0 unspecified atom stereocenters. The fourth-order valence-corrected chi connectivity index (χ4v) is 3.37. The fourth-order valence-electron chi connectivity index (χ4n) is 3.37. The van der Waals surface area contributed by atoms with Crippen molar-refractivity contribution >= 4 is 29.6 Å². The summed E-state index contributed by atoms with van der Waals surface area (Å²) < 4.78 is 24.3. The Kier molecular flexibility index (Phi) is 6.40. The average Bonchev–Trinajstić information content (AvgIpc) is 2.83. The highest BCUT2D eigenvalue weighted by Gasteiger charge is 2.37. The molecule has 0 atom stereocenters. The molecule has 7 nitrogen and oxygen atoms in total. The van der Waals surface area contributed by atoms with E-state index in [4.69, 9.17) is 9.47 Å². The van der Waals surface area contributed by atoms with E-state index in [0.29, 0.717) is 22.7 Å². The lowest BCUT2D eigenvalue weighted by Crippen LogP contribution is -2.54. The second-order valence-corrected chi connectivity index (χ2v) is 7.61. The van der Waals surface area contributed by atoms with Gasteiger partial charge >= 0.3 is 6.03 Å². The van der Waals surface area contributed by atoms with Crippen LogP contribution < -0.4 is 19.7 Å². The van der Waals surface area contributed by atoms with Crippen molar-refractivity contribution in [2.45, 2.75) is 13.5 Å². The highest BCUT2D eigenvalue weighted by atomic mass is 19.1. The van der Waals surface area contributed by atoms with Crippen LogP contribution in [0.25, 0.3) is 6.08 Å². The van der Waals surface area contributed by atoms with Crippen LogP contribution in [0, 0.1) is 12.7 Å². The van der Waals surface area contributed by atoms with Gasteiger partial charge in [0.2, 0.25) is 0 Å². The molecule has 8 heteroatoms. The van der Waals surface area contributed by atoms with Gasteiger partial charge in [-0.05, 0) is 55.0 Å². The Hall–Kier alpha value is -4.46. The molecule has 1 saturated heterocycles. The third-order valence-corrected chi connectivity index (χ3v) is 5.22. The molecule has 4 rings (SSSR count). The molecule has 1 aliphatic rings. The van der Waals surface area contributed by atoms with E-state index in [2.05, 4.69) is 5.32 Å². The van der Waals surface area contributed by atoms with E-state index in [1.807, 2.05) is 6.92 Å². The van der Waals surface area contributed by atoms with Crippen molar-refractivity contribution in [3.63, 3.8) is 0 Å². The van der Waals surface area contributed by atoms with Crippen molar-refractivity contribution in [3.8, 4) is 11.5 Å². The molecule has 1 N–H and O–H groups in total. The van der Waals surface area contributed by atoms with E-state index < -0.39 is 17.8 Å². The number of aryl methyl sites for hydroxylation is 1. The van der Waals surface area contributed by atoms with Gasteiger partial charge in [0.15, 0.2) is 0 Å². The Balaban J connectivity index is 1.67. The van der Waals surface area contributed by atoms with Crippen molar-refractivity contribution in [1.29, 1.82) is 0 Å². The van der Waals surface area contributed by atoms with Crippen LogP contribution in [-0.2, 0) is 16.2 Å². The van der Waals surface area contributed by atoms with Crippen LogP contribution in [0.5, 0.6) is 11.5 Å². The number of imide groups is 2. The van der Waals surface area contributed by atoms with E-state index >= 15 is 0 Å². The monoisotopic (exact) mass is 460 g/mol. The first-order valence-corrected chi connectivity index (χ1v) is 10.4. The number of nitrogens with zero attached hydrogens (tertiary/aromatic N) is 1. The maximum Gasteiger partial charge on any atom is 0.335 e. The Bertz CT molecular complexity index is 1280. The second-order valence-electron chi connectivity index (χ2n) is 7.61. The summed E-state index contributed by atoms with van der Waals surface area (Å²) in [7, 11) is 1.50. The van der Waals surface area contributed by atoms with Crippen LogP contribution in [-0.4, -0.2) is 25.0 Å². The number of carbonyl (C=O) groups is 3. The van der Waals surface area contributed by atoms with Crippen LogP contribution >= 0.6 is 0 Å². The number of rotatable bonds is 6. The summed E-state index contributed by atoms with van der Waals surface area (Å²) in [5.41, 5.74) is 2.23. The van der Waals surface area contributed by atoms with Crippen LogP contribution in [0.3, 0.4) is 0 Å². The van der Waals surface area contributed by atoms with E-state index in [1.54, 1.807) is 54.6 Å². The lowest BCUT2D eigenvalue weighted by Gasteiger charge is -2.26. The molecule has 1 fully saturated rings. The Morgan fingerprint density at radius 3 is 2.35 bits per heavy atom. The number of urea groups is 1. The number of anilines is 1. The van der Waals surface area contributed by atoms with Crippen molar-refractivity contribution in [2.75, 3.05) is 12.0 Å².